The Balaban J connectivity index is 2.19. The Morgan fingerprint density at radius 2 is 2.50 bits per heavy atom. The van der Waals surface area contributed by atoms with Gasteiger partial charge in [0.1, 0.15) is 12.1 Å². The van der Waals surface area contributed by atoms with Crippen molar-refractivity contribution in [2.45, 2.75) is 6.04 Å². The third-order valence-corrected chi connectivity index (χ3v) is 2.38. The number of hydrogen-bond donors (Lipinski definition) is 1. The molecule has 0 saturated carbocycles. The van der Waals surface area contributed by atoms with Gasteiger partial charge in [0.15, 0.2) is 0 Å². The minimum absolute atomic E-state index is 0.0846. The number of aromatic nitrogens is 1. The first-order valence-electron chi connectivity index (χ1n) is 4.75. The van der Waals surface area contributed by atoms with Crippen molar-refractivity contribution in [2.24, 2.45) is 0 Å². The molecule has 0 aromatic carbocycles. The van der Waals surface area contributed by atoms with E-state index in [1.807, 2.05) is 23.1 Å². The summed E-state index contributed by atoms with van der Waals surface area (Å²) < 4.78 is 0. The van der Waals surface area contributed by atoms with Crippen LogP contribution in [0.15, 0.2) is 24.4 Å². The third-order valence-electron chi connectivity index (χ3n) is 2.38. The van der Waals surface area contributed by atoms with Gasteiger partial charge >= 0.3 is 0 Å². The van der Waals surface area contributed by atoms with E-state index in [9.17, 15) is 4.79 Å². The molecule has 1 atom stereocenters. The van der Waals surface area contributed by atoms with E-state index in [0.717, 1.165) is 25.2 Å². The first-order valence-corrected chi connectivity index (χ1v) is 4.75. The topological polar surface area (TPSA) is 45.2 Å². The molecule has 0 spiro atoms. The number of carbonyl (C=O) groups is 1. The van der Waals surface area contributed by atoms with Gasteiger partial charge in [0, 0.05) is 25.8 Å². The van der Waals surface area contributed by atoms with E-state index in [-0.39, 0.29) is 6.04 Å². The molecule has 74 valence electrons. The number of hydrogen-bond acceptors (Lipinski definition) is 4. The maximum Gasteiger partial charge on any atom is 0.143 e. The van der Waals surface area contributed by atoms with Crippen LogP contribution >= 0.6 is 0 Å². The van der Waals surface area contributed by atoms with Crippen molar-refractivity contribution in [1.29, 1.82) is 0 Å². The smallest absolute Gasteiger partial charge is 0.143 e. The molecule has 1 unspecified atom stereocenters. The van der Waals surface area contributed by atoms with Crippen molar-refractivity contribution in [3.63, 3.8) is 0 Å². The van der Waals surface area contributed by atoms with Crippen LogP contribution in [-0.2, 0) is 4.79 Å². The van der Waals surface area contributed by atoms with Crippen LogP contribution in [0.25, 0.3) is 0 Å². The average molecular weight is 191 g/mol. The summed E-state index contributed by atoms with van der Waals surface area (Å²) in [5, 5.41) is 3.18. The summed E-state index contributed by atoms with van der Waals surface area (Å²) in [5.41, 5.74) is 0. The lowest BCUT2D eigenvalue weighted by Gasteiger charge is -2.33. The molecular formula is C10H13N3O. The summed E-state index contributed by atoms with van der Waals surface area (Å²) in [5.74, 6) is 0.881. The van der Waals surface area contributed by atoms with E-state index in [1.165, 1.54) is 0 Å². The number of aldehydes is 1. The Kier molecular flexibility index (Phi) is 2.74. The molecule has 0 amide bonds. The van der Waals surface area contributed by atoms with E-state index in [4.69, 9.17) is 0 Å². The van der Waals surface area contributed by atoms with Gasteiger partial charge in [0.05, 0.1) is 6.04 Å². The van der Waals surface area contributed by atoms with Crippen LogP contribution in [0.4, 0.5) is 5.82 Å². The summed E-state index contributed by atoms with van der Waals surface area (Å²) in [4.78, 5) is 17.1. The fourth-order valence-corrected chi connectivity index (χ4v) is 1.66. The molecule has 14 heavy (non-hydrogen) atoms. The highest BCUT2D eigenvalue weighted by Crippen LogP contribution is 2.13. The van der Waals surface area contributed by atoms with E-state index in [2.05, 4.69) is 10.3 Å². The molecule has 1 fully saturated rings. The van der Waals surface area contributed by atoms with Crippen LogP contribution in [0.2, 0.25) is 0 Å². The molecule has 1 aromatic heterocycles. The Morgan fingerprint density at radius 1 is 1.57 bits per heavy atom. The quantitative estimate of drug-likeness (QED) is 0.671. The zero-order valence-electron chi connectivity index (χ0n) is 7.89. The average Bonchev–Trinajstić information content (AvgIpc) is 2.30. The summed E-state index contributed by atoms with van der Waals surface area (Å²) in [6.45, 7) is 2.45. The second kappa shape index (κ2) is 4.19. The molecule has 0 bridgehead atoms. The molecule has 1 N–H and O–H groups in total. The second-order valence-electron chi connectivity index (χ2n) is 3.29. The fraction of sp³-hybridized carbons (Fsp3) is 0.400. The molecule has 1 aliphatic heterocycles. The zero-order chi connectivity index (χ0) is 9.80. The van der Waals surface area contributed by atoms with Gasteiger partial charge < -0.3 is 15.0 Å². The van der Waals surface area contributed by atoms with Crippen molar-refractivity contribution in [3.05, 3.63) is 24.4 Å². The van der Waals surface area contributed by atoms with Crippen molar-refractivity contribution < 1.29 is 4.79 Å². The minimum atomic E-state index is -0.0846. The summed E-state index contributed by atoms with van der Waals surface area (Å²) >= 11 is 0. The van der Waals surface area contributed by atoms with Crippen molar-refractivity contribution in [1.82, 2.24) is 10.3 Å². The SMILES string of the molecule is O=CC1CNCCN1c1ccccn1. The highest BCUT2D eigenvalue weighted by molar-refractivity contribution is 5.65. The van der Waals surface area contributed by atoms with Crippen molar-refractivity contribution in [3.8, 4) is 0 Å². The molecule has 0 aliphatic carbocycles. The lowest BCUT2D eigenvalue weighted by atomic mass is 10.2. The van der Waals surface area contributed by atoms with Crippen LogP contribution < -0.4 is 10.2 Å². The largest absolute Gasteiger partial charge is 0.344 e. The number of rotatable bonds is 2. The van der Waals surface area contributed by atoms with Gasteiger partial charge in [-0.05, 0) is 12.1 Å². The molecule has 2 rings (SSSR count). The van der Waals surface area contributed by atoms with Gasteiger partial charge in [0.25, 0.3) is 0 Å². The third kappa shape index (κ3) is 1.75. The van der Waals surface area contributed by atoms with Gasteiger partial charge in [-0.15, -0.1) is 0 Å². The van der Waals surface area contributed by atoms with Crippen molar-refractivity contribution >= 4 is 12.1 Å². The van der Waals surface area contributed by atoms with E-state index in [0.29, 0.717) is 6.54 Å². The maximum absolute atomic E-state index is 10.8. The standard InChI is InChI=1S/C10H13N3O/c14-8-9-7-11-5-6-13(9)10-3-1-2-4-12-10/h1-4,8-9,11H,5-7H2. The zero-order valence-corrected chi connectivity index (χ0v) is 7.89. The number of nitrogens with one attached hydrogen (secondary N) is 1. The van der Waals surface area contributed by atoms with Gasteiger partial charge in [-0.1, -0.05) is 6.07 Å². The Bertz CT molecular complexity index is 301. The highest BCUT2D eigenvalue weighted by Gasteiger charge is 2.21. The first kappa shape index (κ1) is 9.15. The summed E-state index contributed by atoms with van der Waals surface area (Å²) in [6, 6.07) is 5.66. The highest BCUT2D eigenvalue weighted by atomic mass is 16.1. The molecule has 1 aliphatic rings. The first-order chi connectivity index (χ1) is 6.92. The van der Waals surface area contributed by atoms with Crippen LogP contribution in [0.5, 0.6) is 0 Å². The molecule has 1 saturated heterocycles. The molecule has 2 heterocycles. The van der Waals surface area contributed by atoms with Crippen LogP contribution in [0.3, 0.4) is 0 Å². The van der Waals surface area contributed by atoms with Gasteiger partial charge in [0.2, 0.25) is 0 Å². The van der Waals surface area contributed by atoms with Gasteiger partial charge in [-0.3, -0.25) is 0 Å². The van der Waals surface area contributed by atoms with Crippen LogP contribution in [0.1, 0.15) is 0 Å². The van der Waals surface area contributed by atoms with E-state index >= 15 is 0 Å². The van der Waals surface area contributed by atoms with Crippen molar-refractivity contribution in [2.75, 3.05) is 24.5 Å². The number of nitrogens with zero attached hydrogens (tertiary/aromatic N) is 2. The monoisotopic (exact) mass is 191 g/mol. The fourth-order valence-electron chi connectivity index (χ4n) is 1.66. The molecular weight excluding hydrogens is 178 g/mol. The number of carbonyl (C=O) groups excluding carboxylic acids is 1. The second-order valence-corrected chi connectivity index (χ2v) is 3.29. The Labute approximate surface area is 82.9 Å². The van der Waals surface area contributed by atoms with Crippen LogP contribution in [0, 0.1) is 0 Å². The number of pyridine rings is 1. The van der Waals surface area contributed by atoms with Crippen LogP contribution in [-0.4, -0.2) is 36.9 Å². The van der Waals surface area contributed by atoms with E-state index in [1.54, 1.807) is 6.20 Å². The molecule has 4 nitrogen and oxygen atoms in total. The minimum Gasteiger partial charge on any atom is -0.344 e. The Morgan fingerprint density at radius 3 is 3.21 bits per heavy atom. The maximum atomic E-state index is 10.8. The normalized spacial score (nSPS) is 22.0. The predicted molar refractivity (Wildman–Crippen MR) is 54.3 cm³/mol. The van der Waals surface area contributed by atoms with E-state index < -0.39 is 0 Å². The number of piperazine rings is 1. The van der Waals surface area contributed by atoms with Gasteiger partial charge in [-0.25, -0.2) is 4.98 Å². The summed E-state index contributed by atoms with van der Waals surface area (Å²) in [7, 11) is 0. The summed E-state index contributed by atoms with van der Waals surface area (Å²) in [6.07, 6.45) is 2.72. The molecule has 0 radical (unpaired) electrons. The lowest BCUT2D eigenvalue weighted by Crippen LogP contribution is -2.52. The number of anilines is 1. The molecule has 4 heteroatoms. The lowest BCUT2D eigenvalue weighted by molar-refractivity contribution is -0.109. The molecule has 1 aromatic rings. The Hall–Kier alpha value is -1.42. The predicted octanol–water partition coefficient (Wildman–Crippen LogP) is 0.0587. The van der Waals surface area contributed by atoms with Gasteiger partial charge in [-0.2, -0.15) is 0 Å².